The highest BCUT2D eigenvalue weighted by Crippen LogP contribution is 2.18. The molecule has 0 spiro atoms. The molecule has 0 aromatic heterocycles. The van der Waals surface area contributed by atoms with Crippen LogP contribution in [0.25, 0.3) is 0 Å². The monoisotopic (exact) mass is 325 g/mol. The summed E-state index contributed by atoms with van der Waals surface area (Å²) in [5, 5.41) is 2.86. The summed E-state index contributed by atoms with van der Waals surface area (Å²) in [5.41, 5.74) is 7.99. The molecule has 1 amide bonds. The Morgan fingerprint density at radius 2 is 2.00 bits per heavy atom. The lowest BCUT2D eigenvalue weighted by Crippen LogP contribution is -2.37. The van der Waals surface area contributed by atoms with Gasteiger partial charge in [0.2, 0.25) is 5.91 Å². The Hall–Kier alpha value is -1.10. The largest absolute Gasteiger partial charge is 0.351 e. The second-order valence-corrected chi connectivity index (χ2v) is 6.29. The molecule has 1 aliphatic rings. The Morgan fingerprint density at radius 3 is 2.64 bits per heavy atom. The number of carbonyl (C=O) groups is 1. The smallest absolute Gasteiger partial charge is 0.236 e. The van der Waals surface area contributed by atoms with Crippen LogP contribution in [0.2, 0.25) is 0 Å². The fraction of sp³-hybridized carbons (Fsp3) is 0.588. The number of halogens is 1. The zero-order chi connectivity index (χ0) is 15.2. The molecule has 1 heterocycles. The molecule has 0 radical (unpaired) electrons. The minimum Gasteiger partial charge on any atom is -0.351 e. The van der Waals surface area contributed by atoms with Gasteiger partial charge in [0, 0.05) is 13.1 Å². The fourth-order valence-electron chi connectivity index (χ4n) is 2.67. The predicted octanol–water partition coefficient (Wildman–Crippen LogP) is 2.30. The second kappa shape index (κ2) is 9.13. The number of amides is 1. The van der Waals surface area contributed by atoms with Crippen LogP contribution in [0.1, 0.15) is 37.8 Å². The van der Waals surface area contributed by atoms with Gasteiger partial charge in [-0.05, 0) is 49.9 Å². The maximum absolute atomic E-state index is 11.5. The molecule has 2 rings (SSSR count). The van der Waals surface area contributed by atoms with Crippen molar-refractivity contribution in [2.45, 2.75) is 45.8 Å². The molecule has 124 valence electrons. The molecule has 1 aromatic rings. The molecule has 1 fully saturated rings. The molecule has 4 nitrogen and oxygen atoms in total. The third kappa shape index (κ3) is 5.95. The number of piperidine rings is 1. The van der Waals surface area contributed by atoms with Crippen molar-refractivity contribution in [2.75, 3.05) is 13.1 Å². The average molecular weight is 326 g/mol. The van der Waals surface area contributed by atoms with Crippen LogP contribution in [0, 0.1) is 5.92 Å². The Kier molecular flexibility index (Phi) is 7.87. The minimum absolute atomic E-state index is 0. The van der Waals surface area contributed by atoms with E-state index in [9.17, 15) is 4.79 Å². The molecule has 0 bridgehead atoms. The third-order valence-corrected chi connectivity index (χ3v) is 4.15. The Bertz CT molecular complexity index is 471. The van der Waals surface area contributed by atoms with E-state index in [1.807, 2.05) is 6.07 Å². The maximum atomic E-state index is 11.5. The first-order valence-electron chi connectivity index (χ1n) is 7.88. The second-order valence-electron chi connectivity index (χ2n) is 6.29. The Balaban J connectivity index is 0.00000242. The molecule has 1 aliphatic heterocycles. The van der Waals surface area contributed by atoms with Gasteiger partial charge in [-0.2, -0.15) is 0 Å². The number of nitrogens with two attached hydrogens (primary N) is 1. The lowest BCUT2D eigenvalue weighted by atomic mass is 9.98. The van der Waals surface area contributed by atoms with Gasteiger partial charge >= 0.3 is 0 Å². The molecule has 0 aliphatic carbocycles. The molecule has 1 atom stereocenters. The van der Waals surface area contributed by atoms with Gasteiger partial charge in [0.05, 0.1) is 6.04 Å². The molecular formula is C17H28ClN3O. The number of likely N-dealkylation sites (tertiary alicyclic amines) is 1. The van der Waals surface area contributed by atoms with Crippen LogP contribution < -0.4 is 11.1 Å². The first kappa shape index (κ1) is 18.9. The van der Waals surface area contributed by atoms with Crippen molar-refractivity contribution in [3.05, 3.63) is 35.4 Å². The maximum Gasteiger partial charge on any atom is 0.236 e. The van der Waals surface area contributed by atoms with Gasteiger partial charge in [-0.1, -0.05) is 31.2 Å². The molecule has 1 aromatic carbocycles. The van der Waals surface area contributed by atoms with Gasteiger partial charge in [0.1, 0.15) is 0 Å². The van der Waals surface area contributed by atoms with E-state index in [0.717, 1.165) is 18.0 Å². The number of hydrogen-bond acceptors (Lipinski definition) is 3. The fourth-order valence-corrected chi connectivity index (χ4v) is 2.67. The summed E-state index contributed by atoms with van der Waals surface area (Å²) in [6, 6.07) is 8.00. The summed E-state index contributed by atoms with van der Waals surface area (Å²) < 4.78 is 0. The Morgan fingerprint density at radius 1 is 1.36 bits per heavy atom. The number of carbonyl (C=O) groups excluding carboxylic acids is 1. The standard InChI is InChI=1S/C17H27N3O.ClH/c1-13-6-8-20(9-7-13)12-16-5-3-4-15(10-16)11-19-17(21)14(2)18;/h3-5,10,13-14H,6-9,11-12,18H2,1-2H3,(H,19,21);1H. The first-order valence-corrected chi connectivity index (χ1v) is 7.88. The number of benzene rings is 1. The molecule has 1 saturated heterocycles. The predicted molar refractivity (Wildman–Crippen MR) is 92.9 cm³/mol. The molecular weight excluding hydrogens is 298 g/mol. The lowest BCUT2D eigenvalue weighted by Gasteiger charge is -2.30. The van der Waals surface area contributed by atoms with Crippen molar-refractivity contribution >= 4 is 18.3 Å². The van der Waals surface area contributed by atoms with E-state index in [0.29, 0.717) is 6.54 Å². The van der Waals surface area contributed by atoms with E-state index < -0.39 is 6.04 Å². The number of hydrogen-bond donors (Lipinski definition) is 2. The number of rotatable bonds is 5. The van der Waals surface area contributed by atoms with Crippen molar-refractivity contribution in [3.63, 3.8) is 0 Å². The molecule has 3 N–H and O–H groups in total. The quantitative estimate of drug-likeness (QED) is 0.873. The molecule has 22 heavy (non-hydrogen) atoms. The highest BCUT2D eigenvalue weighted by molar-refractivity contribution is 5.85. The lowest BCUT2D eigenvalue weighted by molar-refractivity contribution is -0.122. The van der Waals surface area contributed by atoms with Gasteiger partial charge in [-0.3, -0.25) is 9.69 Å². The van der Waals surface area contributed by atoms with Crippen LogP contribution in [0.15, 0.2) is 24.3 Å². The van der Waals surface area contributed by atoms with E-state index in [2.05, 4.69) is 35.3 Å². The van der Waals surface area contributed by atoms with Crippen molar-refractivity contribution in [1.29, 1.82) is 0 Å². The zero-order valence-electron chi connectivity index (χ0n) is 13.5. The average Bonchev–Trinajstić information content (AvgIpc) is 2.47. The van der Waals surface area contributed by atoms with Crippen LogP contribution in [0.5, 0.6) is 0 Å². The van der Waals surface area contributed by atoms with Crippen molar-refractivity contribution in [1.82, 2.24) is 10.2 Å². The minimum atomic E-state index is -0.455. The molecule has 0 saturated carbocycles. The van der Waals surface area contributed by atoms with E-state index in [4.69, 9.17) is 5.73 Å². The van der Waals surface area contributed by atoms with E-state index >= 15 is 0 Å². The first-order chi connectivity index (χ1) is 10.0. The Labute approximate surface area is 139 Å². The molecule has 5 heteroatoms. The van der Waals surface area contributed by atoms with Crippen LogP contribution in [-0.2, 0) is 17.9 Å². The summed E-state index contributed by atoms with van der Waals surface area (Å²) in [5.74, 6) is 0.756. The van der Waals surface area contributed by atoms with Crippen LogP contribution in [0.4, 0.5) is 0 Å². The van der Waals surface area contributed by atoms with Crippen LogP contribution in [0.3, 0.4) is 0 Å². The van der Waals surface area contributed by atoms with Crippen molar-refractivity contribution < 1.29 is 4.79 Å². The van der Waals surface area contributed by atoms with Crippen molar-refractivity contribution in [2.24, 2.45) is 11.7 Å². The van der Waals surface area contributed by atoms with E-state index in [1.165, 1.54) is 31.5 Å². The van der Waals surface area contributed by atoms with Crippen LogP contribution >= 0.6 is 12.4 Å². The van der Waals surface area contributed by atoms with Gasteiger partial charge in [0.15, 0.2) is 0 Å². The number of nitrogens with one attached hydrogen (secondary N) is 1. The van der Waals surface area contributed by atoms with Gasteiger partial charge in [-0.25, -0.2) is 0 Å². The van der Waals surface area contributed by atoms with E-state index in [-0.39, 0.29) is 18.3 Å². The van der Waals surface area contributed by atoms with E-state index in [1.54, 1.807) is 6.92 Å². The zero-order valence-corrected chi connectivity index (χ0v) is 14.4. The topological polar surface area (TPSA) is 58.4 Å². The third-order valence-electron chi connectivity index (χ3n) is 4.15. The highest BCUT2D eigenvalue weighted by atomic mass is 35.5. The highest BCUT2D eigenvalue weighted by Gasteiger charge is 2.15. The summed E-state index contributed by atoms with van der Waals surface area (Å²) in [6.07, 6.45) is 2.59. The van der Waals surface area contributed by atoms with Gasteiger partial charge in [0.25, 0.3) is 0 Å². The summed E-state index contributed by atoms with van der Waals surface area (Å²) >= 11 is 0. The van der Waals surface area contributed by atoms with Gasteiger partial charge in [-0.15, -0.1) is 12.4 Å². The molecule has 1 unspecified atom stereocenters. The summed E-state index contributed by atoms with van der Waals surface area (Å²) in [6.45, 7) is 7.95. The normalized spacial score (nSPS) is 17.6. The van der Waals surface area contributed by atoms with Crippen LogP contribution in [-0.4, -0.2) is 29.9 Å². The van der Waals surface area contributed by atoms with Gasteiger partial charge < -0.3 is 11.1 Å². The summed E-state index contributed by atoms with van der Waals surface area (Å²) in [4.78, 5) is 14.0. The van der Waals surface area contributed by atoms with Crippen molar-refractivity contribution in [3.8, 4) is 0 Å². The number of nitrogens with zero attached hydrogens (tertiary/aromatic N) is 1. The SMILES string of the molecule is CC1CCN(Cc2cccc(CNC(=O)C(C)N)c2)CC1.Cl. The summed E-state index contributed by atoms with van der Waals surface area (Å²) in [7, 11) is 0.